The van der Waals surface area contributed by atoms with Crippen molar-refractivity contribution in [2.24, 2.45) is 0 Å². The number of carbonyl (C=O) groups excluding carboxylic acids is 1. The summed E-state index contributed by atoms with van der Waals surface area (Å²) in [6.45, 7) is 7.23. The van der Waals surface area contributed by atoms with Crippen LogP contribution in [0.15, 0.2) is 54.6 Å². The maximum atomic E-state index is 12.6. The first-order valence-corrected chi connectivity index (χ1v) is 10.2. The maximum absolute atomic E-state index is 12.6. The number of benzene rings is 2. The number of ether oxygens (including phenoxy) is 3. The summed E-state index contributed by atoms with van der Waals surface area (Å²) >= 11 is 0. The molecule has 0 aliphatic carbocycles. The summed E-state index contributed by atoms with van der Waals surface area (Å²) < 4.78 is 17.1. The molecule has 6 heteroatoms. The van der Waals surface area contributed by atoms with Gasteiger partial charge in [0.1, 0.15) is 11.5 Å². The van der Waals surface area contributed by atoms with E-state index in [2.05, 4.69) is 10.2 Å². The van der Waals surface area contributed by atoms with Crippen molar-refractivity contribution in [2.75, 3.05) is 38.2 Å². The number of likely N-dealkylation sites (tertiary alicyclic amines) is 1. The number of nitrogens with one attached hydrogen (secondary N) is 1. The quantitative estimate of drug-likeness (QED) is 0.586. The fourth-order valence-corrected chi connectivity index (χ4v) is 3.16. The van der Waals surface area contributed by atoms with Gasteiger partial charge in [0.25, 0.3) is 0 Å². The monoisotopic (exact) mass is 398 g/mol. The predicted molar refractivity (Wildman–Crippen MR) is 114 cm³/mol. The topological polar surface area (TPSA) is 60.0 Å². The molecule has 1 atom stereocenters. The van der Waals surface area contributed by atoms with Gasteiger partial charge in [-0.15, -0.1) is 0 Å². The zero-order valence-electron chi connectivity index (χ0n) is 17.2. The van der Waals surface area contributed by atoms with Gasteiger partial charge in [0, 0.05) is 19.5 Å². The molecule has 1 N–H and O–H groups in total. The molecule has 3 rings (SSSR count). The summed E-state index contributed by atoms with van der Waals surface area (Å²) in [6, 6.07) is 17.1. The summed E-state index contributed by atoms with van der Waals surface area (Å²) in [7, 11) is 0. The minimum absolute atomic E-state index is 0.0353. The van der Waals surface area contributed by atoms with Gasteiger partial charge in [0.15, 0.2) is 0 Å². The Hall–Kier alpha value is -2.57. The van der Waals surface area contributed by atoms with Crippen molar-refractivity contribution < 1.29 is 19.0 Å². The fraction of sp³-hybridized carbons (Fsp3) is 0.435. The van der Waals surface area contributed by atoms with Gasteiger partial charge >= 0.3 is 0 Å². The van der Waals surface area contributed by atoms with Gasteiger partial charge < -0.3 is 19.5 Å². The molecule has 1 aliphatic rings. The first-order chi connectivity index (χ1) is 14.2. The van der Waals surface area contributed by atoms with E-state index >= 15 is 0 Å². The van der Waals surface area contributed by atoms with Gasteiger partial charge in [0.2, 0.25) is 5.91 Å². The highest BCUT2D eigenvalue weighted by Gasteiger charge is 2.34. The van der Waals surface area contributed by atoms with Crippen LogP contribution < -0.4 is 14.8 Å². The minimum atomic E-state index is -0.217. The van der Waals surface area contributed by atoms with E-state index in [1.54, 1.807) is 0 Å². The highest BCUT2D eigenvalue weighted by Crippen LogP contribution is 2.25. The lowest BCUT2D eigenvalue weighted by Gasteiger charge is -2.42. The lowest BCUT2D eigenvalue weighted by atomic mass is 10.1. The molecule has 1 heterocycles. The molecule has 1 saturated heterocycles. The third kappa shape index (κ3) is 6.21. The molecular weight excluding hydrogens is 368 g/mol. The van der Waals surface area contributed by atoms with E-state index in [9.17, 15) is 4.79 Å². The molecule has 0 aromatic heterocycles. The van der Waals surface area contributed by atoms with Crippen LogP contribution in [-0.2, 0) is 9.53 Å². The molecular formula is C23H30N2O4. The van der Waals surface area contributed by atoms with Crippen LogP contribution >= 0.6 is 0 Å². The zero-order chi connectivity index (χ0) is 20.5. The standard InChI is InChI=1S/C23H30N2O4/c1-3-27-22-13-8-7-12-21(22)24-23(26)18(2)25-16-20(17-25)29-15-9-14-28-19-10-5-4-6-11-19/h4-8,10-13,18,20H,3,9,14-17H2,1-2H3,(H,24,26). The number of rotatable bonds is 11. The molecule has 1 unspecified atom stereocenters. The fourth-order valence-electron chi connectivity index (χ4n) is 3.16. The third-order valence-corrected chi connectivity index (χ3v) is 4.90. The number of hydrogen-bond donors (Lipinski definition) is 1. The van der Waals surface area contributed by atoms with Crippen LogP contribution in [0.1, 0.15) is 20.3 Å². The van der Waals surface area contributed by atoms with Gasteiger partial charge in [-0.25, -0.2) is 0 Å². The molecule has 1 aliphatic heterocycles. The van der Waals surface area contributed by atoms with Crippen LogP contribution in [-0.4, -0.2) is 55.9 Å². The van der Waals surface area contributed by atoms with Crippen molar-refractivity contribution in [3.05, 3.63) is 54.6 Å². The second kappa shape index (κ2) is 10.8. The van der Waals surface area contributed by atoms with Gasteiger partial charge in [-0.05, 0) is 38.1 Å². The van der Waals surface area contributed by atoms with E-state index < -0.39 is 0 Å². The Kier molecular flexibility index (Phi) is 7.90. The van der Waals surface area contributed by atoms with Crippen LogP contribution in [0.2, 0.25) is 0 Å². The van der Waals surface area contributed by atoms with Crippen LogP contribution in [0.25, 0.3) is 0 Å². The van der Waals surface area contributed by atoms with Crippen LogP contribution in [0, 0.1) is 0 Å². The Labute approximate surface area is 172 Å². The Morgan fingerprint density at radius 2 is 1.79 bits per heavy atom. The third-order valence-electron chi connectivity index (χ3n) is 4.90. The number of hydrogen-bond acceptors (Lipinski definition) is 5. The van der Waals surface area contributed by atoms with Crippen molar-refractivity contribution in [2.45, 2.75) is 32.4 Å². The Morgan fingerprint density at radius 3 is 2.55 bits per heavy atom. The SMILES string of the molecule is CCOc1ccccc1NC(=O)C(C)N1CC(OCCCOc2ccccc2)C1. The molecule has 0 spiro atoms. The summed E-state index contributed by atoms with van der Waals surface area (Å²) in [6.07, 6.45) is 1.02. The lowest BCUT2D eigenvalue weighted by Crippen LogP contribution is -2.58. The van der Waals surface area contributed by atoms with Crippen LogP contribution in [0.4, 0.5) is 5.69 Å². The van der Waals surface area contributed by atoms with Crippen molar-refractivity contribution in [3.8, 4) is 11.5 Å². The second-order valence-electron chi connectivity index (χ2n) is 7.06. The lowest BCUT2D eigenvalue weighted by molar-refractivity contribution is -0.128. The Morgan fingerprint density at radius 1 is 1.07 bits per heavy atom. The first-order valence-electron chi connectivity index (χ1n) is 10.2. The molecule has 6 nitrogen and oxygen atoms in total. The molecule has 0 bridgehead atoms. The van der Waals surface area contributed by atoms with Crippen molar-refractivity contribution in [3.63, 3.8) is 0 Å². The van der Waals surface area contributed by atoms with Crippen molar-refractivity contribution >= 4 is 11.6 Å². The summed E-state index contributed by atoms with van der Waals surface area (Å²) in [5.74, 6) is 1.54. The molecule has 0 radical (unpaired) electrons. The second-order valence-corrected chi connectivity index (χ2v) is 7.06. The molecule has 2 aromatic rings. The highest BCUT2D eigenvalue weighted by atomic mass is 16.5. The maximum Gasteiger partial charge on any atom is 0.241 e. The van der Waals surface area contributed by atoms with E-state index in [0.29, 0.717) is 31.3 Å². The summed E-state index contributed by atoms with van der Waals surface area (Å²) in [5, 5.41) is 2.97. The number of amides is 1. The Bertz CT molecular complexity index is 762. The summed E-state index contributed by atoms with van der Waals surface area (Å²) in [4.78, 5) is 14.7. The molecule has 156 valence electrons. The van der Waals surface area contributed by atoms with Crippen molar-refractivity contribution in [1.82, 2.24) is 4.90 Å². The average molecular weight is 399 g/mol. The molecule has 2 aromatic carbocycles. The Balaban J connectivity index is 1.32. The van der Waals surface area contributed by atoms with E-state index in [4.69, 9.17) is 14.2 Å². The smallest absolute Gasteiger partial charge is 0.241 e. The average Bonchev–Trinajstić information content (AvgIpc) is 2.71. The molecule has 1 fully saturated rings. The van der Waals surface area contributed by atoms with Crippen molar-refractivity contribution in [1.29, 1.82) is 0 Å². The number of para-hydroxylation sites is 3. The van der Waals surface area contributed by atoms with E-state index in [0.717, 1.165) is 25.3 Å². The van der Waals surface area contributed by atoms with Gasteiger partial charge in [-0.2, -0.15) is 0 Å². The minimum Gasteiger partial charge on any atom is -0.494 e. The first kappa shape index (κ1) is 21.1. The molecule has 1 amide bonds. The highest BCUT2D eigenvalue weighted by molar-refractivity contribution is 5.95. The van der Waals surface area contributed by atoms with E-state index in [1.807, 2.05) is 68.4 Å². The van der Waals surface area contributed by atoms with Gasteiger partial charge in [-0.3, -0.25) is 9.69 Å². The zero-order valence-corrected chi connectivity index (χ0v) is 17.2. The normalized spacial score (nSPS) is 15.4. The van der Waals surface area contributed by atoms with E-state index in [1.165, 1.54) is 0 Å². The van der Waals surface area contributed by atoms with Crippen LogP contribution in [0.3, 0.4) is 0 Å². The predicted octanol–water partition coefficient (Wildman–Crippen LogP) is 3.58. The van der Waals surface area contributed by atoms with Gasteiger partial charge in [-0.1, -0.05) is 30.3 Å². The molecule has 29 heavy (non-hydrogen) atoms. The number of carbonyl (C=O) groups is 1. The number of nitrogens with zero attached hydrogens (tertiary/aromatic N) is 1. The number of anilines is 1. The summed E-state index contributed by atoms with van der Waals surface area (Å²) in [5.41, 5.74) is 0.706. The molecule has 0 saturated carbocycles. The van der Waals surface area contributed by atoms with E-state index in [-0.39, 0.29) is 18.1 Å². The van der Waals surface area contributed by atoms with Gasteiger partial charge in [0.05, 0.1) is 37.7 Å². The largest absolute Gasteiger partial charge is 0.494 e. The van der Waals surface area contributed by atoms with Crippen LogP contribution in [0.5, 0.6) is 11.5 Å².